The molecule has 1 amide bonds. The van der Waals surface area contributed by atoms with E-state index in [0.717, 1.165) is 22.2 Å². The van der Waals surface area contributed by atoms with Gasteiger partial charge in [0, 0.05) is 17.9 Å². The van der Waals surface area contributed by atoms with Crippen LogP contribution in [0.25, 0.3) is 11.1 Å². The van der Waals surface area contributed by atoms with Crippen LogP contribution in [0.1, 0.15) is 21.5 Å². The predicted molar refractivity (Wildman–Crippen MR) is 126 cm³/mol. The number of nitrogens with zero attached hydrogens (tertiary/aromatic N) is 1. The molecular weight excluding hydrogens is 462 g/mol. The number of aromatic nitrogens is 1. The lowest BCUT2D eigenvalue weighted by molar-refractivity contribution is -0.0512. The van der Waals surface area contributed by atoms with E-state index in [1.807, 2.05) is 36.4 Å². The molecule has 1 heterocycles. The topological polar surface area (TPSA) is 73.6 Å². The second-order valence-electron chi connectivity index (χ2n) is 7.26. The minimum absolute atomic E-state index is 0.0390. The van der Waals surface area contributed by atoms with Crippen LogP contribution < -0.4 is 14.8 Å². The smallest absolute Gasteiger partial charge is 0.387 e. The van der Waals surface area contributed by atoms with Gasteiger partial charge in [0.1, 0.15) is 5.52 Å². The van der Waals surface area contributed by atoms with Crippen molar-refractivity contribution in [2.24, 2.45) is 0 Å². The number of carbonyl (C=O) groups is 1. The van der Waals surface area contributed by atoms with Gasteiger partial charge in [0.25, 0.3) is 11.1 Å². The number of hydrogen-bond donors (Lipinski definition) is 1. The number of nitrogens with one attached hydrogen (secondary N) is 1. The molecule has 1 N–H and O–H groups in total. The van der Waals surface area contributed by atoms with Crippen molar-refractivity contribution in [2.45, 2.75) is 24.0 Å². The van der Waals surface area contributed by atoms with Crippen molar-refractivity contribution >= 4 is 28.8 Å². The van der Waals surface area contributed by atoms with Gasteiger partial charge < -0.3 is 19.2 Å². The first-order chi connectivity index (χ1) is 16.5. The number of carbonyl (C=O) groups excluding carboxylic acids is 1. The molecule has 34 heavy (non-hydrogen) atoms. The summed E-state index contributed by atoms with van der Waals surface area (Å²) in [5.41, 5.74) is 3.65. The van der Waals surface area contributed by atoms with E-state index in [0.29, 0.717) is 29.5 Å². The highest BCUT2D eigenvalue weighted by atomic mass is 32.2. The molecule has 6 nitrogen and oxygen atoms in total. The molecule has 9 heteroatoms. The largest absolute Gasteiger partial charge is 0.493 e. The number of benzene rings is 3. The van der Waals surface area contributed by atoms with Crippen LogP contribution >= 0.6 is 11.8 Å². The van der Waals surface area contributed by atoms with Crippen LogP contribution in [0.4, 0.5) is 8.78 Å². The Balaban J connectivity index is 1.36. The fourth-order valence-corrected chi connectivity index (χ4v) is 4.24. The van der Waals surface area contributed by atoms with E-state index in [9.17, 15) is 13.6 Å². The average Bonchev–Trinajstić information content (AvgIpc) is 3.26. The highest BCUT2D eigenvalue weighted by Crippen LogP contribution is 2.30. The summed E-state index contributed by atoms with van der Waals surface area (Å²) in [5, 5.41) is 3.43. The third kappa shape index (κ3) is 5.85. The molecule has 0 spiro atoms. The number of fused-ring (bicyclic) bond motifs is 1. The molecule has 4 rings (SSSR count). The van der Waals surface area contributed by atoms with Gasteiger partial charge in [0.05, 0.1) is 7.11 Å². The van der Waals surface area contributed by atoms with Crippen molar-refractivity contribution in [1.82, 2.24) is 10.3 Å². The van der Waals surface area contributed by atoms with E-state index in [-0.39, 0.29) is 17.4 Å². The minimum atomic E-state index is -2.95. The number of oxazole rings is 1. The monoisotopic (exact) mass is 484 g/mol. The Labute approximate surface area is 199 Å². The summed E-state index contributed by atoms with van der Waals surface area (Å²) < 4.78 is 40.6. The molecule has 0 radical (unpaired) electrons. The summed E-state index contributed by atoms with van der Waals surface area (Å²) in [7, 11) is 1.38. The van der Waals surface area contributed by atoms with Crippen LogP contribution in [0, 0.1) is 0 Å². The fraction of sp³-hybridized carbons (Fsp3) is 0.200. The summed E-state index contributed by atoms with van der Waals surface area (Å²) in [6.07, 6.45) is 0.440. The Morgan fingerprint density at radius 3 is 2.68 bits per heavy atom. The molecule has 0 atom stereocenters. The maximum absolute atomic E-state index is 12.8. The van der Waals surface area contributed by atoms with E-state index in [4.69, 9.17) is 9.15 Å². The van der Waals surface area contributed by atoms with Gasteiger partial charge in [-0.05, 0) is 47.9 Å². The van der Waals surface area contributed by atoms with Crippen LogP contribution in [0.3, 0.4) is 0 Å². The number of rotatable bonds is 10. The Morgan fingerprint density at radius 1 is 1.09 bits per heavy atom. The zero-order chi connectivity index (χ0) is 23.9. The molecule has 0 aliphatic carbocycles. The number of hydrogen-bond acceptors (Lipinski definition) is 6. The fourth-order valence-electron chi connectivity index (χ4n) is 3.40. The highest BCUT2D eigenvalue weighted by molar-refractivity contribution is 7.98. The first kappa shape index (κ1) is 23.6. The number of methoxy groups -OCH3 is 1. The molecule has 0 saturated heterocycles. The van der Waals surface area contributed by atoms with E-state index < -0.39 is 6.61 Å². The highest BCUT2D eigenvalue weighted by Gasteiger charge is 2.14. The molecular formula is C25H22F2N2O4S. The summed E-state index contributed by atoms with van der Waals surface area (Å²) in [6, 6.07) is 19.7. The predicted octanol–water partition coefficient (Wildman–Crippen LogP) is 5.70. The van der Waals surface area contributed by atoms with Crippen LogP contribution in [0.5, 0.6) is 11.5 Å². The Kier molecular flexibility index (Phi) is 7.64. The molecule has 0 fully saturated rings. The SMILES string of the molecule is COc1ccc(CCNC(=O)c2ccccc2CSc2nc3ccccc3o2)cc1OC(F)F. The summed E-state index contributed by atoms with van der Waals surface area (Å²) in [5.74, 6) is 0.483. The lowest BCUT2D eigenvalue weighted by atomic mass is 10.1. The van der Waals surface area contributed by atoms with Crippen LogP contribution in [0.15, 0.2) is 76.4 Å². The van der Waals surface area contributed by atoms with E-state index in [1.54, 1.807) is 24.3 Å². The molecule has 3 aromatic carbocycles. The Bertz CT molecular complexity index is 1250. The summed E-state index contributed by atoms with van der Waals surface area (Å²) >= 11 is 1.42. The van der Waals surface area contributed by atoms with Gasteiger partial charge in [-0.25, -0.2) is 4.98 Å². The second kappa shape index (κ2) is 11.0. The van der Waals surface area contributed by atoms with Gasteiger partial charge >= 0.3 is 6.61 Å². The number of alkyl halides is 2. The van der Waals surface area contributed by atoms with Crippen molar-refractivity contribution in [3.05, 3.63) is 83.4 Å². The molecule has 0 aliphatic heterocycles. The van der Waals surface area contributed by atoms with Gasteiger partial charge in [-0.2, -0.15) is 8.78 Å². The molecule has 0 aliphatic rings. The molecule has 0 unspecified atom stereocenters. The Hall–Kier alpha value is -3.59. The van der Waals surface area contributed by atoms with Gasteiger partial charge in [0.15, 0.2) is 17.1 Å². The van der Waals surface area contributed by atoms with Gasteiger partial charge in [0.2, 0.25) is 0 Å². The van der Waals surface area contributed by atoms with Crippen LogP contribution in [-0.2, 0) is 12.2 Å². The van der Waals surface area contributed by atoms with Crippen molar-refractivity contribution < 1.29 is 27.5 Å². The first-order valence-electron chi connectivity index (χ1n) is 10.5. The van der Waals surface area contributed by atoms with Crippen LogP contribution in [0.2, 0.25) is 0 Å². The summed E-state index contributed by atoms with van der Waals surface area (Å²) in [6.45, 7) is -2.63. The Morgan fingerprint density at radius 2 is 1.88 bits per heavy atom. The first-order valence-corrected chi connectivity index (χ1v) is 11.5. The van der Waals surface area contributed by atoms with Crippen molar-refractivity contribution in [3.8, 4) is 11.5 Å². The van der Waals surface area contributed by atoms with Gasteiger partial charge in [-0.15, -0.1) is 0 Å². The maximum atomic E-state index is 12.8. The van der Waals surface area contributed by atoms with Gasteiger partial charge in [-0.3, -0.25) is 4.79 Å². The molecule has 0 saturated carbocycles. The number of thioether (sulfide) groups is 1. The quantitative estimate of drug-likeness (QED) is 0.291. The van der Waals surface area contributed by atoms with Crippen molar-refractivity contribution in [2.75, 3.05) is 13.7 Å². The number of para-hydroxylation sites is 2. The van der Waals surface area contributed by atoms with E-state index in [1.165, 1.54) is 24.9 Å². The molecule has 176 valence electrons. The average molecular weight is 485 g/mol. The second-order valence-corrected chi connectivity index (χ2v) is 8.19. The van der Waals surface area contributed by atoms with Crippen LogP contribution in [-0.4, -0.2) is 31.2 Å². The van der Waals surface area contributed by atoms with E-state index in [2.05, 4.69) is 15.0 Å². The third-order valence-corrected chi connectivity index (χ3v) is 5.91. The lowest BCUT2D eigenvalue weighted by Gasteiger charge is -2.12. The van der Waals surface area contributed by atoms with Crippen molar-refractivity contribution in [3.63, 3.8) is 0 Å². The summed E-state index contributed by atoms with van der Waals surface area (Å²) in [4.78, 5) is 17.3. The normalized spacial score (nSPS) is 11.1. The molecule has 0 bridgehead atoms. The minimum Gasteiger partial charge on any atom is -0.493 e. The lowest BCUT2D eigenvalue weighted by Crippen LogP contribution is -2.26. The molecule has 4 aromatic rings. The number of ether oxygens (including phenoxy) is 2. The number of amides is 1. The maximum Gasteiger partial charge on any atom is 0.387 e. The molecule has 1 aromatic heterocycles. The third-order valence-electron chi connectivity index (χ3n) is 5.03. The van der Waals surface area contributed by atoms with Gasteiger partial charge in [-0.1, -0.05) is 48.2 Å². The van der Waals surface area contributed by atoms with Crippen molar-refractivity contribution in [1.29, 1.82) is 0 Å². The number of halogens is 2. The standard InChI is InChI=1S/C25H22F2N2O4S/c1-31-21-11-10-16(14-22(21)32-24(26)27)12-13-28-23(30)18-7-3-2-6-17(18)15-34-25-29-19-8-4-5-9-20(19)33-25/h2-11,14,24H,12-13,15H2,1H3,(H,28,30). The zero-order valence-corrected chi connectivity index (χ0v) is 19.1. The van der Waals surface area contributed by atoms with E-state index >= 15 is 0 Å². The zero-order valence-electron chi connectivity index (χ0n) is 18.3.